The van der Waals surface area contributed by atoms with Crippen LogP contribution in [0.3, 0.4) is 0 Å². The fourth-order valence-corrected chi connectivity index (χ4v) is 2.31. The molecule has 0 bridgehead atoms. The second kappa shape index (κ2) is 7.11. The van der Waals surface area contributed by atoms with Crippen molar-refractivity contribution < 1.29 is 0 Å². The van der Waals surface area contributed by atoms with Gasteiger partial charge >= 0.3 is 0 Å². The Bertz CT molecular complexity index is 633. The van der Waals surface area contributed by atoms with Gasteiger partial charge in [-0.3, -0.25) is 0 Å². The standard InChI is InChI=1S/C13H14Cl3N5/c1-21(2)13-19-11(16)18-12(20-13)17-6-5-8-3-4-9(14)7-10(8)15/h3-4,7H,5-6H2,1-2H3,(H,17,18,19,20). The third-order valence-corrected chi connectivity index (χ3v) is 3.44. The highest BCUT2D eigenvalue weighted by Crippen LogP contribution is 2.21. The van der Waals surface area contributed by atoms with Crippen LogP contribution in [0.2, 0.25) is 15.3 Å². The van der Waals surface area contributed by atoms with E-state index in [0.29, 0.717) is 28.5 Å². The third kappa shape index (κ3) is 4.59. The van der Waals surface area contributed by atoms with Gasteiger partial charge in [0.05, 0.1) is 0 Å². The van der Waals surface area contributed by atoms with E-state index in [1.165, 1.54) is 0 Å². The second-order valence-electron chi connectivity index (χ2n) is 4.53. The van der Waals surface area contributed by atoms with Crippen molar-refractivity contribution in [1.29, 1.82) is 0 Å². The molecule has 8 heteroatoms. The topological polar surface area (TPSA) is 53.9 Å². The number of hydrogen-bond donors (Lipinski definition) is 1. The van der Waals surface area contributed by atoms with E-state index in [0.717, 1.165) is 12.0 Å². The van der Waals surface area contributed by atoms with E-state index in [9.17, 15) is 0 Å². The average Bonchev–Trinajstić information content (AvgIpc) is 2.40. The fourth-order valence-electron chi connectivity index (χ4n) is 1.65. The molecule has 0 aliphatic heterocycles. The van der Waals surface area contributed by atoms with Crippen molar-refractivity contribution in [2.75, 3.05) is 30.9 Å². The molecule has 2 rings (SSSR count). The molecule has 0 fully saturated rings. The molecule has 0 aliphatic carbocycles. The van der Waals surface area contributed by atoms with Gasteiger partial charge in [-0.05, 0) is 35.7 Å². The molecule has 0 saturated heterocycles. The van der Waals surface area contributed by atoms with Gasteiger partial charge in [-0.1, -0.05) is 29.3 Å². The summed E-state index contributed by atoms with van der Waals surface area (Å²) >= 11 is 17.9. The van der Waals surface area contributed by atoms with Crippen LogP contribution in [0.5, 0.6) is 0 Å². The number of aromatic nitrogens is 3. The van der Waals surface area contributed by atoms with Crippen LogP contribution < -0.4 is 10.2 Å². The van der Waals surface area contributed by atoms with Crippen molar-refractivity contribution >= 4 is 46.7 Å². The highest BCUT2D eigenvalue weighted by molar-refractivity contribution is 6.35. The Morgan fingerprint density at radius 2 is 1.86 bits per heavy atom. The van der Waals surface area contributed by atoms with Gasteiger partial charge in [0.25, 0.3) is 0 Å². The molecule has 1 N–H and O–H groups in total. The Kier molecular flexibility index (Phi) is 5.45. The Labute approximate surface area is 138 Å². The molecule has 2 aromatic rings. The molecule has 0 aliphatic rings. The molecule has 0 atom stereocenters. The van der Waals surface area contributed by atoms with Crippen LogP contribution in [0.4, 0.5) is 11.9 Å². The van der Waals surface area contributed by atoms with Gasteiger partial charge in [-0.25, -0.2) is 0 Å². The number of hydrogen-bond acceptors (Lipinski definition) is 5. The minimum absolute atomic E-state index is 0.153. The number of nitrogens with zero attached hydrogens (tertiary/aromatic N) is 4. The SMILES string of the molecule is CN(C)c1nc(Cl)nc(NCCc2ccc(Cl)cc2Cl)n1. The van der Waals surface area contributed by atoms with E-state index in [2.05, 4.69) is 20.3 Å². The molecule has 5 nitrogen and oxygen atoms in total. The van der Waals surface area contributed by atoms with Gasteiger partial charge in [0.1, 0.15) is 0 Å². The summed E-state index contributed by atoms with van der Waals surface area (Å²) in [5.41, 5.74) is 1.00. The van der Waals surface area contributed by atoms with Gasteiger partial charge in [0.2, 0.25) is 17.2 Å². The van der Waals surface area contributed by atoms with Crippen molar-refractivity contribution in [3.63, 3.8) is 0 Å². The molecular formula is C13H14Cl3N5. The van der Waals surface area contributed by atoms with Gasteiger partial charge in [0.15, 0.2) is 0 Å². The number of nitrogens with one attached hydrogen (secondary N) is 1. The zero-order valence-electron chi connectivity index (χ0n) is 11.6. The molecule has 0 amide bonds. The number of benzene rings is 1. The summed E-state index contributed by atoms with van der Waals surface area (Å²) in [5.74, 6) is 0.936. The molecule has 1 aromatic heterocycles. The van der Waals surface area contributed by atoms with Crippen LogP contribution >= 0.6 is 34.8 Å². The molecule has 1 heterocycles. The highest BCUT2D eigenvalue weighted by atomic mass is 35.5. The van der Waals surface area contributed by atoms with Crippen molar-refractivity contribution in [3.05, 3.63) is 39.1 Å². The van der Waals surface area contributed by atoms with Crippen LogP contribution in [0.1, 0.15) is 5.56 Å². The lowest BCUT2D eigenvalue weighted by molar-refractivity contribution is 0.929. The number of anilines is 2. The monoisotopic (exact) mass is 345 g/mol. The van der Waals surface area contributed by atoms with E-state index in [1.54, 1.807) is 11.0 Å². The molecule has 0 spiro atoms. The first kappa shape index (κ1) is 16.1. The van der Waals surface area contributed by atoms with Gasteiger partial charge < -0.3 is 10.2 Å². The Morgan fingerprint density at radius 1 is 1.10 bits per heavy atom. The first-order valence-electron chi connectivity index (χ1n) is 6.22. The summed E-state index contributed by atoms with van der Waals surface area (Å²) in [4.78, 5) is 14.1. The maximum Gasteiger partial charge on any atom is 0.230 e. The van der Waals surface area contributed by atoms with Gasteiger partial charge in [0, 0.05) is 30.7 Å². The largest absolute Gasteiger partial charge is 0.354 e. The zero-order chi connectivity index (χ0) is 15.4. The molecule has 21 heavy (non-hydrogen) atoms. The third-order valence-electron chi connectivity index (χ3n) is 2.69. The molecule has 0 unspecified atom stereocenters. The van der Waals surface area contributed by atoms with Crippen LogP contribution in [-0.4, -0.2) is 35.6 Å². The summed E-state index contributed by atoms with van der Waals surface area (Å²) in [6.07, 6.45) is 0.719. The van der Waals surface area contributed by atoms with Crippen LogP contribution in [0.25, 0.3) is 0 Å². The predicted octanol–water partition coefficient (Wildman–Crippen LogP) is 3.55. The van der Waals surface area contributed by atoms with Crippen molar-refractivity contribution in [2.45, 2.75) is 6.42 Å². The van der Waals surface area contributed by atoms with Crippen molar-refractivity contribution in [2.24, 2.45) is 0 Å². The van der Waals surface area contributed by atoms with E-state index in [1.807, 2.05) is 26.2 Å². The van der Waals surface area contributed by atoms with E-state index in [-0.39, 0.29) is 5.28 Å². The first-order chi connectivity index (χ1) is 9.95. The molecule has 1 aromatic carbocycles. The minimum Gasteiger partial charge on any atom is -0.354 e. The molecular weight excluding hydrogens is 333 g/mol. The minimum atomic E-state index is 0.153. The van der Waals surface area contributed by atoms with Crippen LogP contribution in [0.15, 0.2) is 18.2 Å². The Balaban J connectivity index is 2.00. The lowest BCUT2D eigenvalue weighted by Crippen LogP contribution is -2.16. The fraction of sp³-hybridized carbons (Fsp3) is 0.308. The summed E-state index contributed by atoms with van der Waals surface area (Å²) in [5, 5.41) is 4.53. The van der Waals surface area contributed by atoms with E-state index < -0.39 is 0 Å². The summed E-state index contributed by atoms with van der Waals surface area (Å²) < 4.78 is 0. The van der Waals surface area contributed by atoms with Gasteiger partial charge in [-0.2, -0.15) is 15.0 Å². The Morgan fingerprint density at radius 3 is 2.52 bits per heavy atom. The predicted molar refractivity (Wildman–Crippen MR) is 87.8 cm³/mol. The summed E-state index contributed by atoms with van der Waals surface area (Å²) in [6, 6.07) is 5.44. The lowest BCUT2D eigenvalue weighted by Gasteiger charge is -2.12. The maximum absolute atomic E-state index is 6.12. The van der Waals surface area contributed by atoms with Crippen molar-refractivity contribution in [3.8, 4) is 0 Å². The van der Waals surface area contributed by atoms with E-state index >= 15 is 0 Å². The van der Waals surface area contributed by atoms with Crippen molar-refractivity contribution in [1.82, 2.24) is 15.0 Å². The number of halogens is 3. The lowest BCUT2D eigenvalue weighted by atomic mass is 10.1. The zero-order valence-corrected chi connectivity index (χ0v) is 13.8. The maximum atomic E-state index is 6.12. The molecule has 0 radical (unpaired) electrons. The average molecular weight is 347 g/mol. The summed E-state index contributed by atoms with van der Waals surface area (Å²) in [7, 11) is 3.67. The van der Waals surface area contributed by atoms with Crippen LogP contribution in [-0.2, 0) is 6.42 Å². The van der Waals surface area contributed by atoms with Gasteiger partial charge in [-0.15, -0.1) is 0 Å². The molecule has 112 valence electrons. The normalized spacial score (nSPS) is 10.5. The van der Waals surface area contributed by atoms with E-state index in [4.69, 9.17) is 34.8 Å². The smallest absolute Gasteiger partial charge is 0.230 e. The quantitative estimate of drug-likeness (QED) is 0.897. The summed E-state index contributed by atoms with van der Waals surface area (Å²) in [6.45, 7) is 0.620. The van der Waals surface area contributed by atoms with Crippen LogP contribution in [0, 0.1) is 0 Å². The highest BCUT2D eigenvalue weighted by Gasteiger charge is 2.07. The number of rotatable bonds is 5. The molecule has 0 saturated carbocycles. The second-order valence-corrected chi connectivity index (χ2v) is 5.72. The Hall–Kier alpha value is -1.30. The first-order valence-corrected chi connectivity index (χ1v) is 7.36.